The van der Waals surface area contributed by atoms with Crippen LogP contribution in [0.4, 0.5) is 5.69 Å². The van der Waals surface area contributed by atoms with Gasteiger partial charge in [-0.05, 0) is 78.4 Å². The van der Waals surface area contributed by atoms with Gasteiger partial charge in [0.05, 0.1) is 18.4 Å². The summed E-state index contributed by atoms with van der Waals surface area (Å²) >= 11 is 0. The van der Waals surface area contributed by atoms with Crippen molar-refractivity contribution in [3.63, 3.8) is 0 Å². The van der Waals surface area contributed by atoms with Gasteiger partial charge in [-0.25, -0.2) is 8.42 Å². The summed E-state index contributed by atoms with van der Waals surface area (Å²) in [7, 11) is -2.41. The number of rotatable bonds is 7. The number of hydrogen-bond acceptors (Lipinski definition) is 5. The summed E-state index contributed by atoms with van der Waals surface area (Å²) in [6.45, 7) is 0. The Hall–Kier alpha value is -3.85. The normalized spacial score (nSPS) is 12.5. The molecule has 8 nitrogen and oxygen atoms in total. The summed E-state index contributed by atoms with van der Waals surface area (Å²) in [5.41, 5.74) is 8.67. The van der Waals surface area contributed by atoms with Crippen LogP contribution < -0.4 is 20.3 Å². The minimum atomic E-state index is -3.92. The molecule has 0 bridgehead atoms. The van der Waals surface area contributed by atoms with Gasteiger partial charge in [0, 0.05) is 11.3 Å². The monoisotopic (exact) mass is 479 g/mol. The van der Waals surface area contributed by atoms with E-state index in [2.05, 4.69) is 21.6 Å². The lowest BCUT2D eigenvalue weighted by atomic mass is 10.0. The fourth-order valence-electron chi connectivity index (χ4n) is 3.84. The number of carbonyl (C=O) groups is 2. The average molecular weight is 480 g/mol. The lowest BCUT2D eigenvalue weighted by Crippen LogP contribution is -2.42. The Morgan fingerprint density at radius 3 is 2.44 bits per heavy atom. The Bertz CT molecular complexity index is 1320. The van der Waals surface area contributed by atoms with Crippen molar-refractivity contribution in [3.05, 3.63) is 89.0 Å². The number of benzene rings is 3. The van der Waals surface area contributed by atoms with Crippen LogP contribution in [0.1, 0.15) is 33.5 Å². The highest BCUT2D eigenvalue weighted by Crippen LogP contribution is 2.23. The van der Waals surface area contributed by atoms with Crippen molar-refractivity contribution in [3.8, 4) is 5.75 Å². The van der Waals surface area contributed by atoms with Crippen LogP contribution in [0.5, 0.6) is 5.75 Å². The summed E-state index contributed by atoms with van der Waals surface area (Å²) in [6.07, 6.45) is 3.36. The Labute approximate surface area is 198 Å². The molecule has 3 N–H and O–H groups in total. The van der Waals surface area contributed by atoms with Crippen LogP contribution in [0.25, 0.3) is 0 Å². The molecule has 0 fully saturated rings. The highest BCUT2D eigenvalue weighted by Gasteiger charge is 2.17. The number of fused-ring (bicyclic) bond motifs is 1. The van der Waals surface area contributed by atoms with Crippen LogP contribution in [-0.4, -0.2) is 27.3 Å². The van der Waals surface area contributed by atoms with E-state index in [-0.39, 0.29) is 22.8 Å². The molecule has 0 saturated carbocycles. The van der Waals surface area contributed by atoms with Crippen molar-refractivity contribution in [1.29, 1.82) is 0 Å². The lowest BCUT2D eigenvalue weighted by molar-refractivity contribution is -0.121. The maximum atomic E-state index is 12.7. The van der Waals surface area contributed by atoms with Gasteiger partial charge < -0.3 is 4.74 Å². The molecule has 9 heteroatoms. The van der Waals surface area contributed by atoms with Gasteiger partial charge in [-0.2, -0.15) is 0 Å². The maximum absolute atomic E-state index is 12.7. The first-order chi connectivity index (χ1) is 16.3. The topological polar surface area (TPSA) is 114 Å². The number of ether oxygens (including phenoxy) is 1. The zero-order valence-corrected chi connectivity index (χ0v) is 19.4. The Balaban J connectivity index is 1.36. The molecule has 0 heterocycles. The molecule has 2 amide bonds. The molecule has 0 aliphatic heterocycles. The number of hydrazine groups is 1. The largest absolute Gasteiger partial charge is 0.497 e. The number of carbonyl (C=O) groups excluding carboxylic acids is 2. The van der Waals surface area contributed by atoms with Crippen molar-refractivity contribution in [2.75, 3.05) is 11.8 Å². The second-order valence-electron chi connectivity index (χ2n) is 8.00. The predicted molar refractivity (Wildman–Crippen MR) is 128 cm³/mol. The van der Waals surface area contributed by atoms with E-state index in [1.165, 1.54) is 42.5 Å². The van der Waals surface area contributed by atoms with Crippen LogP contribution in [0.2, 0.25) is 0 Å². The molecule has 1 aliphatic rings. The molecule has 0 saturated heterocycles. The molecule has 176 valence electrons. The van der Waals surface area contributed by atoms with Gasteiger partial charge in [0.15, 0.2) is 0 Å². The van der Waals surface area contributed by atoms with Crippen molar-refractivity contribution in [2.45, 2.75) is 30.6 Å². The molecule has 34 heavy (non-hydrogen) atoms. The Morgan fingerprint density at radius 2 is 1.68 bits per heavy atom. The van der Waals surface area contributed by atoms with Gasteiger partial charge in [0.25, 0.3) is 15.9 Å². The summed E-state index contributed by atoms with van der Waals surface area (Å²) in [5.74, 6) is -0.389. The second-order valence-corrected chi connectivity index (χ2v) is 9.68. The first-order valence-electron chi connectivity index (χ1n) is 10.8. The fraction of sp³-hybridized carbons (Fsp3) is 0.200. The number of aryl methyl sites for hydroxylation is 2. The van der Waals surface area contributed by atoms with Crippen LogP contribution in [-0.2, 0) is 34.1 Å². The first kappa shape index (κ1) is 23.3. The molecular weight excluding hydrogens is 454 g/mol. The summed E-state index contributed by atoms with van der Waals surface area (Å²) in [6, 6.07) is 18.0. The number of anilines is 1. The predicted octanol–water partition coefficient (Wildman–Crippen LogP) is 2.99. The van der Waals surface area contributed by atoms with Gasteiger partial charge in [-0.3, -0.25) is 25.2 Å². The van der Waals surface area contributed by atoms with Crippen LogP contribution in [0, 0.1) is 0 Å². The number of hydrogen-bond donors (Lipinski definition) is 3. The molecule has 1 aliphatic carbocycles. The molecule has 0 unspecified atom stereocenters. The van der Waals surface area contributed by atoms with E-state index in [1.807, 2.05) is 12.1 Å². The van der Waals surface area contributed by atoms with Crippen molar-refractivity contribution < 1.29 is 22.7 Å². The van der Waals surface area contributed by atoms with Crippen molar-refractivity contribution in [2.24, 2.45) is 0 Å². The van der Waals surface area contributed by atoms with E-state index >= 15 is 0 Å². The van der Waals surface area contributed by atoms with Gasteiger partial charge in [0.2, 0.25) is 5.91 Å². The zero-order valence-electron chi connectivity index (χ0n) is 18.6. The summed E-state index contributed by atoms with van der Waals surface area (Å²) < 4.78 is 33.0. The fourth-order valence-corrected chi connectivity index (χ4v) is 4.95. The smallest absolute Gasteiger partial charge is 0.269 e. The molecule has 4 rings (SSSR count). The lowest BCUT2D eigenvalue weighted by Gasteiger charge is -2.11. The number of methoxy groups -OCH3 is 1. The summed E-state index contributed by atoms with van der Waals surface area (Å²) in [4.78, 5) is 24.7. The highest BCUT2D eigenvalue weighted by molar-refractivity contribution is 7.92. The minimum absolute atomic E-state index is 0.0829. The summed E-state index contributed by atoms with van der Waals surface area (Å²) in [5, 5.41) is 0. The van der Waals surface area contributed by atoms with E-state index < -0.39 is 15.9 Å². The molecule has 3 aromatic rings. The quantitative estimate of drug-likeness (QED) is 0.451. The average Bonchev–Trinajstić information content (AvgIpc) is 3.31. The minimum Gasteiger partial charge on any atom is -0.497 e. The van der Waals surface area contributed by atoms with Crippen LogP contribution in [0.3, 0.4) is 0 Å². The Morgan fingerprint density at radius 1 is 0.912 bits per heavy atom. The van der Waals surface area contributed by atoms with Gasteiger partial charge in [-0.1, -0.05) is 24.3 Å². The third-order valence-electron chi connectivity index (χ3n) is 5.59. The molecule has 3 aromatic carbocycles. The van der Waals surface area contributed by atoms with E-state index in [1.54, 1.807) is 24.3 Å². The number of amides is 2. The standard InChI is InChI=1S/C25H25N3O5S/c1-33-22-12-10-21(11-13-22)28-34(31,32)23-7-3-6-20(16-23)25(30)27-26-24(29)15-17-8-9-18-4-2-5-19(18)14-17/h3,6-14,16,28H,2,4-5,15H2,1H3,(H,26,29)(H,27,30). The molecule has 0 radical (unpaired) electrons. The van der Waals surface area contributed by atoms with Gasteiger partial charge >= 0.3 is 0 Å². The molecule has 0 aromatic heterocycles. The van der Waals surface area contributed by atoms with E-state index in [0.29, 0.717) is 11.4 Å². The molecular formula is C25H25N3O5S. The van der Waals surface area contributed by atoms with Crippen LogP contribution >= 0.6 is 0 Å². The first-order valence-corrected chi connectivity index (χ1v) is 12.3. The second kappa shape index (κ2) is 9.96. The van der Waals surface area contributed by atoms with E-state index in [9.17, 15) is 18.0 Å². The Kier molecular flexibility index (Phi) is 6.83. The van der Waals surface area contributed by atoms with E-state index in [0.717, 1.165) is 24.8 Å². The number of nitrogens with one attached hydrogen (secondary N) is 3. The van der Waals surface area contributed by atoms with E-state index in [4.69, 9.17) is 4.74 Å². The highest BCUT2D eigenvalue weighted by atomic mass is 32.2. The SMILES string of the molecule is COc1ccc(NS(=O)(=O)c2cccc(C(=O)NNC(=O)Cc3ccc4c(c3)CCC4)c2)cc1. The van der Waals surface area contributed by atoms with Crippen molar-refractivity contribution >= 4 is 27.5 Å². The third-order valence-corrected chi connectivity index (χ3v) is 6.97. The third kappa shape index (κ3) is 5.55. The van der Waals surface area contributed by atoms with Crippen LogP contribution in [0.15, 0.2) is 71.6 Å². The molecule has 0 atom stereocenters. The molecule has 0 spiro atoms. The number of sulfonamides is 1. The zero-order chi connectivity index (χ0) is 24.1. The van der Waals surface area contributed by atoms with Gasteiger partial charge in [-0.15, -0.1) is 0 Å². The van der Waals surface area contributed by atoms with Gasteiger partial charge in [0.1, 0.15) is 5.75 Å². The maximum Gasteiger partial charge on any atom is 0.269 e. The van der Waals surface area contributed by atoms with Crippen molar-refractivity contribution in [1.82, 2.24) is 10.9 Å².